The number of hydrogen-bond donors (Lipinski definition) is 0. The van der Waals surface area contributed by atoms with Crippen LogP contribution in [0.4, 0.5) is 18.2 Å². The number of pyridine rings is 1. The number of carbonyl (C=O) groups excluding carboxylic acids is 1. The molecule has 0 aliphatic rings. The van der Waals surface area contributed by atoms with Crippen LogP contribution in [0.2, 0.25) is 5.15 Å². The lowest BCUT2D eigenvalue weighted by molar-refractivity contribution is -0.604. The van der Waals surface area contributed by atoms with Crippen LogP contribution in [0, 0.1) is 5.21 Å². The second-order valence-corrected chi connectivity index (χ2v) is 8.09. The zero-order chi connectivity index (χ0) is 19.5. The molecule has 26 heavy (non-hydrogen) atoms. The van der Waals surface area contributed by atoms with E-state index in [1.165, 1.54) is 25.5 Å². The van der Waals surface area contributed by atoms with Crippen LogP contribution in [0.1, 0.15) is 6.42 Å². The van der Waals surface area contributed by atoms with Crippen LogP contribution in [0.25, 0.3) is 10.6 Å². The molecule has 0 spiro atoms. The number of aromatic nitrogens is 2. The summed E-state index contributed by atoms with van der Waals surface area (Å²) in [5.74, 6) is -2.39. The highest BCUT2D eigenvalue weighted by molar-refractivity contribution is 7.91. The number of thiazole rings is 1. The Balaban J connectivity index is 2.05. The molecule has 2 aromatic rings. The van der Waals surface area contributed by atoms with Crippen LogP contribution in [0.3, 0.4) is 0 Å². The Morgan fingerprint density at radius 1 is 1.50 bits per heavy atom. The monoisotopic (exact) mass is 427 g/mol. The van der Waals surface area contributed by atoms with Gasteiger partial charge in [-0.1, -0.05) is 22.9 Å². The van der Waals surface area contributed by atoms with Crippen LogP contribution < -0.4 is 9.63 Å². The van der Waals surface area contributed by atoms with Gasteiger partial charge in [0.15, 0.2) is 17.5 Å². The fourth-order valence-corrected chi connectivity index (χ4v) is 4.16. The van der Waals surface area contributed by atoms with Gasteiger partial charge in [-0.2, -0.15) is 17.9 Å². The Kier molecular flexibility index (Phi) is 6.72. The summed E-state index contributed by atoms with van der Waals surface area (Å²) in [4.78, 5) is 17.4. The number of amides is 1. The van der Waals surface area contributed by atoms with E-state index in [9.17, 15) is 27.7 Å². The second kappa shape index (κ2) is 8.42. The smallest absolute Gasteiger partial charge is 0.433 e. The van der Waals surface area contributed by atoms with Crippen LogP contribution >= 0.6 is 22.9 Å². The van der Waals surface area contributed by atoms with E-state index >= 15 is 0 Å². The van der Waals surface area contributed by atoms with Crippen LogP contribution in [-0.2, 0) is 16.0 Å². The number of halogens is 4. The van der Waals surface area contributed by atoms with Gasteiger partial charge >= 0.3 is 6.18 Å². The normalized spacial score (nSPS) is 12.8. The summed E-state index contributed by atoms with van der Waals surface area (Å²) in [5, 5.41) is 12.1. The molecular weight excluding hydrogens is 415 g/mol. The first-order valence-electron chi connectivity index (χ1n) is 7.10. The van der Waals surface area contributed by atoms with Crippen molar-refractivity contribution in [1.82, 2.24) is 4.98 Å². The third-order valence-electron chi connectivity index (χ3n) is 3.14. The second-order valence-electron chi connectivity index (χ2n) is 5.17. The lowest BCUT2D eigenvalue weighted by Gasteiger charge is -2.17. The van der Waals surface area contributed by atoms with E-state index in [-0.39, 0.29) is 16.6 Å². The third-order valence-corrected chi connectivity index (χ3v) is 6.00. The summed E-state index contributed by atoms with van der Waals surface area (Å²) in [6, 6.07) is 3.18. The first-order valence-corrected chi connectivity index (χ1v) is 9.79. The van der Waals surface area contributed by atoms with Gasteiger partial charge in [0, 0.05) is 13.1 Å². The minimum atomic E-state index is -4.54. The summed E-state index contributed by atoms with van der Waals surface area (Å²) in [7, 11) is 1.40. The van der Waals surface area contributed by atoms with Crippen molar-refractivity contribution >= 4 is 45.0 Å². The molecular formula is C14H13ClF3N3O3S2. The Morgan fingerprint density at radius 3 is 2.81 bits per heavy atom. The molecule has 0 aromatic carbocycles. The molecule has 0 aliphatic carbocycles. The van der Waals surface area contributed by atoms with Gasteiger partial charge < -0.3 is 14.7 Å². The van der Waals surface area contributed by atoms with Crippen LogP contribution in [0.15, 0.2) is 24.5 Å². The van der Waals surface area contributed by atoms with Crippen molar-refractivity contribution in [3.8, 4) is 10.6 Å². The molecule has 1 atom stereocenters. The number of hydrogen-bond acceptors (Lipinski definition) is 5. The van der Waals surface area contributed by atoms with E-state index < -0.39 is 34.8 Å². The summed E-state index contributed by atoms with van der Waals surface area (Å²) in [6.07, 6.45) is -2.27. The molecule has 2 rings (SSSR count). The number of anilines is 1. The first kappa shape index (κ1) is 20.7. The fraction of sp³-hybridized carbons (Fsp3) is 0.357. The van der Waals surface area contributed by atoms with Crippen LogP contribution in [-0.4, -0.2) is 40.2 Å². The molecule has 0 fully saturated rings. The van der Waals surface area contributed by atoms with Crippen molar-refractivity contribution in [2.75, 3.05) is 23.5 Å². The van der Waals surface area contributed by atoms with Gasteiger partial charge in [0.1, 0.15) is 15.8 Å². The molecule has 142 valence electrons. The largest absolute Gasteiger partial charge is 0.619 e. The highest BCUT2D eigenvalue weighted by Crippen LogP contribution is 2.37. The zero-order valence-corrected chi connectivity index (χ0v) is 15.7. The Labute approximate surface area is 159 Å². The molecule has 2 aromatic heterocycles. The van der Waals surface area contributed by atoms with Gasteiger partial charge in [-0.05, 0) is 17.2 Å². The number of carbonyl (C=O) groups is 1. The van der Waals surface area contributed by atoms with Crippen molar-refractivity contribution in [3.63, 3.8) is 0 Å². The Bertz CT molecular complexity index is 788. The summed E-state index contributed by atoms with van der Waals surface area (Å²) in [5.41, 5.74) is 0.507. The van der Waals surface area contributed by atoms with Gasteiger partial charge in [0.05, 0.1) is 12.0 Å². The van der Waals surface area contributed by atoms with Gasteiger partial charge in [-0.15, -0.1) is 0 Å². The van der Waals surface area contributed by atoms with E-state index in [0.717, 1.165) is 16.2 Å². The summed E-state index contributed by atoms with van der Waals surface area (Å²) in [6.45, 7) is 0. The molecule has 0 aliphatic heterocycles. The molecule has 0 bridgehead atoms. The van der Waals surface area contributed by atoms with Gasteiger partial charge in [-0.3, -0.25) is 4.79 Å². The quantitative estimate of drug-likeness (QED) is 0.403. The van der Waals surface area contributed by atoms with Crippen molar-refractivity contribution in [2.45, 2.75) is 12.6 Å². The maximum absolute atomic E-state index is 12.2. The van der Waals surface area contributed by atoms with E-state index in [0.29, 0.717) is 15.3 Å². The highest BCUT2D eigenvalue weighted by Gasteiger charge is 2.34. The molecule has 0 saturated carbocycles. The highest BCUT2D eigenvalue weighted by atomic mass is 35.5. The molecule has 1 unspecified atom stereocenters. The Hall–Kier alpha value is -1.56. The van der Waals surface area contributed by atoms with Crippen molar-refractivity contribution in [1.29, 1.82) is 0 Å². The fourth-order valence-electron chi connectivity index (χ4n) is 1.94. The average Bonchev–Trinajstić information content (AvgIpc) is 2.92. The van der Waals surface area contributed by atoms with Crippen LogP contribution in [0.5, 0.6) is 0 Å². The lowest BCUT2D eigenvalue weighted by atomic mass is 10.3. The van der Waals surface area contributed by atoms with E-state index in [4.69, 9.17) is 11.6 Å². The molecule has 2 heterocycles. The number of alkyl halides is 3. The zero-order valence-electron chi connectivity index (χ0n) is 13.3. The Morgan fingerprint density at radius 2 is 2.19 bits per heavy atom. The van der Waals surface area contributed by atoms with Crippen molar-refractivity contribution in [2.24, 2.45) is 0 Å². The molecule has 12 heteroatoms. The van der Waals surface area contributed by atoms with Gasteiger partial charge in [0.25, 0.3) is 0 Å². The van der Waals surface area contributed by atoms with Gasteiger partial charge in [-0.25, -0.2) is 4.98 Å². The maximum atomic E-state index is 12.2. The lowest BCUT2D eigenvalue weighted by Crippen LogP contribution is -2.30. The minimum absolute atomic E-state index is 0.0265. The number of nitrogens with zero attached hydrogens (tertiary/aromatic N) is 3. The SMILES string of the molecule is CN(C(=O)CC[S+]([O-])CC(F)(F)F)c1sc(-c2ccc[n+]([O-])c2)nc1Cl. The summed E-state index contributed by atoms with van der Waals surface area (Å²) < 4.78 is 48.4. The molecule has 0 saturated heterocycles. The standard InChI is InChI=1S/C14H13ClF3N3O3S2/c1-20(10(22)4-6-26(24)8-14(16,17)18)13-11(15)19-12(25-13)9-3-2-5-21(23)7-9/h2-3,5,7H,4,6,8H2,1H3. The van der Waals surface area contributed by atoms with Crippen molar-refractivity contribution in [3.05, 3.63) is 34.9 Å². The summed E-state index contributed by atoms with van der Waals surface area (Å²) >= 11 is 4.92. The van der Waals surface area contributed by atoms with Gasteiger partial charge in [0.2, 0.25) is 11.7 Å². The topological polar surface area (TPSA) is 83.2 Å². The molecule has 6 nitrogen and oxygen atoms in total. The van der Waals surface area contributed by atoms with E-state index in [2.05, 4.69) is 4.98 Å². The predicted molar refractivity (Wildman–Crippen MR) is 93.5 cm³/mol. The first-order chi connectivity index (χ1) is 12.1. The van der Waals surface area contributed by atoms with Crippen molar-refractivity contribution < 1.29 is 27.2 Å². The third kappa shape index (κ3) is 5.73. The number of rotatable bonds is 6. The molecule has 0 radical (unpaired) electrons. The van der Waals surface area contributed by atoms with E-state index in [1.807, 2.05) is 0 Å². The average molecular weight is 428 g/mol. The predicted octanol–water partition coefficient (Wildman–Crippen LogP) is 2.76. The minimum Gasteiger partial charge on any atom is -0.619 e. The molecule has 1 amide bonds. The van der Waals surface area contributed by atoms with E-state index in [1.54, 1.807) is 6.07 Å². The molecule has 0 N–H and O–H groups in total. The maximum Gasteiger partial charge on any atom is 0.433 e.